The number of halogens is 3. The minimum atomic E-state index is -4.43. The molecule has 28 heavy (non-hydrogen) atoms. The summed E-state index contributed by atoms with van der Waals surface area (Å²) in [6.07, 6.45) is -1.34. The Labute approximate surface area is 159 Å². The zero-order chi connectivity index (χ0) is 20.1. The lowest BCUT2D eigenvalue weighted by Crippen LogP contribution is -2.35. The Bertz CT molecular complexity index is 1040. The molecule has 5 nitrogen and oxygen atoms in total. The number of amides is 1. The van der Waals surface area contributed by atoms with E-state index in [1.165, 1.54) is 12.3 Å². The minimum absolute atomic E-state index is 0.0105. The first-order chi connectivity index (χ1) is 13.3. The van der Waals surface area contributed by atoms with Crippen molar-refractivity contribution >= 4 is 17.0 Å². The Morgan fingerprint density at radius 2 is 2.04 bits per heavy atom. The Morgan fingerprint density at radius 3 is 2.71 bits per heavy atom. The van der Waals surface area contributed by atoms with Crippen LogP contribution in [0.4, 0.5) is 13.2 Å². The molecular formula is C20H18F3N3O2. The molecule has 0 N–H and O–H groups in total. The number of fused-ring (bicyclic) bond motifs is 1. The molecule has 0 unspecified atom stereocenters. The van der Waals surface area contributed by atoms with Gasteiger partial charge in [-0.25, -0.2) is 4.98 Å². The molecule has 1 amide bonds. The van der Waals surface area contributed by atoms with Crippen LogP contribution < -0.4 is 0 Å². The number of alkyl halides is 3. The second kappa shape index (κ2) is 6.61. The van der Waals surface area contributed by atoms with Gasteiger partial charge in [0.15, 0.2) is 0 Å². The summed E-state index contributed by atoms with van der Waals surface area (Å²) >= 11 is 0. The number of aryl methyl sites for hydroxylation is 1. The van der Waals surface area contributed by atoms with E-state index in [1.807, 2.05) is 0 Å². The molecule has 1 aromatic carbocycles. The van der Waals surface area contributed by atoms with Gasteiger partial charge in [-0.05, 0) is 50.5 Å². The predicted molar refractivity (Wildman–Crippen MR) is 95.6 cm³/mol. The average molecular weight is 389 g/mol. The summed E-state index contributed by atoms with van der Waals surface area (Å²) in [6.45, 7) is 3.51. The smallest absolute Gasteiger partial charge is 0.336 e. The molecule has 0 aliphatic heterocycles. The number of rotatable bonds is 4. The Balaban J connectivity index is 1.68. The van der Waals surface area contributed by atoms with Gasteiger partial charge in [-0.15, -0.1) is 0 Å². The van der Waals surface area contributed by atoms with Crippen molar-refractivity contribution in [3.63, 3.8) is 0 Å². The highest BCUT2D eigenvalue weighted by Gasteiger charge is 2.38. The van der Waals surface area contributed by atoms with Crippen LogP contribution in [0.3, 0.4) is 0 Å². The van der Waals surface area contributed by atoms with Gasteiger partial charge in [-0.3, -0.25) is 4.79 Å². The molecule has 1 atom stereocenters. The van der Waals surface area contributed by atoms with Crippen molar-refractivity contribution in [3.05, 3.63) is 58.9 Å². The van der Waals surface area contributed by atoms with Crippen molar-refractivity contribution in [2.45, 2.75) is 44.9 Å². The third kappa shape index (κ3) is 3.34. The zero-order valence-corrected chi connectivity index (χ0v) is 15.3. The monoisotopic (exact) mass is 389 g/mol. The third-order valence-corrected chi connectivity index (χ3v) is 5.05. The first kappa shape index (κ1) is 18.5. The highest BCUT2D eigenvalue weighted by atomic mass is 19.4. The molecule has 2 heterocycles. The number of hydrogen-bond acceptors (Lipinski definition) is 4. The molecule has 1 fully saturated rings. The lowest BCUT2D eigenvalue weighted by molar-refractivity contribution is -0.137. The molecule has 0 radical (unpaired) electrons. The number of carbonyl (C=O) groups excluding carboxylic acids is 1. The first-order valence-electron chi connectivity index (χ1n) is 8.97. The van der Waals surface area contributed by atoms with Crippen molar-refractivity contribution in [3.8, 4) is 0 Å². The largest absolute Gasteiger partial charge is 0.416 e. The minimum Gasteiger partial charge on any atom is -0.336 e. The SMILES string of the molecule is Cc1noc2ncc(C(=O)N(C3CC3)[C@H](C)c3cccc(C(F)(F)F)c3)cc12. The van der Waals surface area contributed by atoms with E-state index >= 15 is 0 Å². The maximum absolute atomic E-state index is 13.2. The van der Waals surface area contributed by atoms with E-state index in [0.29, 0.717) is 27.9 Å². The molecule has 1 aliphatic carbocycles. The van der Waals surface area contributed by atoms with Crippen LogP contribution >= 0.6 is 0 Å². The van der Waals surface area contributed by atoms with E-state index in [9.17, 15) is 18.0 Å². The van der Waals surface area contributed by atoms with Gasteiger partial charge in [-0.2, -0.15) is 13.2 Å². The van der Waals surface area contributed by atoms with Crippen molar-refractivity contribution in [2.24, 2.45) is 0 Å². The van der Waals surface area contributed by atoms with Gasteiger partial charge in [0.1, 0.15) is 0 Å². The van der Waals surface area contributed by atoms with Gasteiger partial charge in [0.25, 0.3) is 11.6 Å². The average Bonchev–Trinajstić information content (AvgIpc) is 3.43. The topological polar surface area (TPSA) is 59.2 Å². The highest BCUT2D eigenvalue weighted by molar-refractivity contribution is 5.97. The Kier molecular flexibility index (Phi) is 4.36. The molecule has 0 bridgehead atoms. The van der Waals surface area contributed by atoms with E-state index in [4.69, 9.17) is 4.52 Å². The predicted octanol–water partition coefficient (Wildman–Crippen LogP) is 4.92. The van der Waals surface area contributed by atoms with Crippen LogP contribution in [0, 0.1) is 6.92 Å². The van der Waals surface area contributed by atoms with Crippen LogP contribution in [-0.4, -0.2) is 27.0 Å². The van der Waals surface area contributed by atoms with E-state index < -0.39 is 17.8 Å². The molecule has 0 spiro atoms. The van der Waals surface area contributed by atoms with Crippen LogP contribution in [0.1, 0.15) is 53.0 Å². The maximum Gasteiger partial charge on any atom is 0.416 e. The van der Waals surface area contributed by atoms with Gasteiger partial charge < -0.3 is 9.42 Å². The van der Waals surface area contributed by atoms with Crippen molar-refractivity contribution < 1.29 is 22.5 Å². The number of nitrogens with zero attached hydrogens (tertiary/aromatic N) is 3. The van der Waals surface area contributed by atoms with Crippen LogP contribution in [-0.2, 0) is 6.18 Å². The van der Waals surface area contributed by atoms with E-state index in [0.717, 1.165) is 25.0 Å². The van der Waals surface area contributed by atoms with Crippen LogP contribution in [0.2, 0.25) is 0 Å². The summed E-state index contributed by atoms with van der Waals surface area (Å²) in [5.74, 6) is -0.262. The number of pyridine rings is 1. The van der Waals surface area contributed by atoms with Gasteiger partial charge in [0, 0.05) is 12.2 Å². The van der Waals surface area contributed by atoms with E-state index in [2.05, 4.69) is 10.1 Å². The first-order valence-corrected chi connectivity index (χ1v) is 8.97. The van der Waals surface area contributed by atoms with Crippen LogP contribution in [0.25, 0.3) is 11.1 Å². The molecule has 1 saturated carbocycles. The fourth-order valence-corrected chi connectivity index (χ4v) is 3.36. The summed E-state index contributed by atoms with van der Waals surface area (Å²) in [7, 11) is 0. The summed E-state index contributed by atoms with van der Waals surface area (Å²) in [4.78, 5) is 19.0. The molecule has 3 aromatic rings. The van der Waals surface area contributed by atoms with Crippen LogP contribution in [0.15, 0.2) is 41.1 Å². The highest BCUT2D eigenvalue weighted by Crippen LogP contribution is 2.37. The standard InChI is InChI=1S/C20H18F3N3O2/c1-11-17-9-14(10-24-18(17)28-25-11)19(27)26(16-6-7-16)12(2)13-4-3-5-15(8-13)20(21,22)23/h3-5,8-10,12,16H,6-7H2,1-2H3/t12-/m1/s1. The van der Waals surface area contributed by atoms with Crippen molar-refractivity contribution in [1.29, 1.82) is 0 Å². The fraction of sp³-hybridized carbons (Fsp3) is 0.350. The summed E-state index contributed by atoms with van der Waals surface area (Å²) in [5.41, 5.74) is 1.07. The van der Waals surface area contributed by atoms with E-state index in [-0.39, 0.29) is 11.9 Å². The number of carbonyl (C=O) groups is 1. The molecule has 1 aliphatic rings. The molecular weight excluding hydrogens is 371 g/mol. The molecule has 4 rings (SSSR count). The van der Waals surface area contributed by atoms with Gasteiger partial charge in [-0.1, -0.05) is 17.3 Å². The summed E-state index contributed by atoms with van der Waals surface area (Å²) < 4.78 is 44.3. The van der Waals surface area contributed by atoms with Gasteiger partial charge in [0.2, 0.25) is 0 Å². The quantitative estimate of drug-likeness (QED) is 0.636. The molecule has 0 saturated heterocycles. The lowest BCUT2D eigenvalue weighted by atomic mass is 10.0. The number of aromatic nitrogens is 2. The molecule has 8 heteroatoms. The lowest BCUT2D eigenvalue weighted by Gasteiger charge is -2.30. The number of benzene rings is 1. The van der Waals surface area contributed by atoms with Gasteiger partial charge >= 0.3 is 6.18 Å². The summed E-state index contributed by atoms with van der Waals surface area (Å²) in [5, 5.41) is 4.48. The van der Waals surface area contributed by atoms with Crippen LogP contribution in [0.5, 0.6) is 0 Å². The van der Waals surface area contributed by atoms with E-state index in [1.54, 1.807) is 30.9 Å². The second-order valence-corrected chi connectivity index (χ2v) is 7.09. The van der Waals surface area contributed by atoms with Gasteiger partial charge in [0.05, 0.1) is 28.2 Å². The Morgan fingerprint density at radius 1 is 1.29 bits per heavy atom. The third-order valence-electron chi connectivity index (χ3n) is 5.05. The van der Waals surface area contributed by atoms with Crippen molar-refractivity contribution in [2.75, 3.05) is 0 Å². The second-order valence-electron chi connectivity index (χ2n) is 7.09. The molecule has 146 valence electrons. The fourth-order valence-electron chi connectivity index (χ4n) is 3.36. The normalized spacial score (nSPS) is 15.6. The number of hydrogen-bond donors (Lipinski definition) is 0. The Hall–Kier alpha value is -2.90. The van der Waals surface area contributed by atoms with Crippen molar-refractivity contribution in [1.82, 2.24) is 15.0 Å². The zero-order valence-electron chi connectivity index (χ0n) is 15.3. The molecule has 2 aromatic heterocycles. The maximum atomic E-state index is 13.2. The summed E-state index contributed by atoms with van der Waals surface area (Å²) in [6, 6.07) is 6.32.